The summed E-state index contributed by atoms with van der Waals surface area (Å²) in [6, 6.07) is 0. The van der Waals surface area contributed by atoms with Crippen LogP contribution in [0, 0.1) is 0 Å². The number of rotatable bonds is 3. The minimum atomic E-state index is -0.445. The van der Waals surface area contributed by atoms with Gasteiger partial charge in [-0.15, -0.1) is 0 Å². The third-order valence-electron chi connectivity index (χ3n) is 1.72. The molecular formula is C6H17ClN2Si. The molecule has 0 aromatic heterocycles. The molecule has 2 N–H and O–H groups in total. The zero-order valence-electron chi connectivity index (χ0n) is 7.38. The molecule has 0 rings (SSSR count). The molecule has 62 valence electrons. The van der Waals surface area contributed by atoms with Crippen LogP contribution in [0.1, 0.15) is 13.8 Å². The van der Waals surface area contributed by atoms with Gasteiger partial charge in [-0.1, -0.05) is 25.4 Å². The third-order valence-corrected chi connectivity index (χ3v) is 3.73. The van der Waals surface area contributed by atoms with E-state index in [1.165, 1.54) is 0 Å². The van der Waals surface area contributed by atoms with Crippen molar-refractivity contribution in [1.82, 2.24) is 10.6 Å². The number of hydrogen-bond acceptors (Lipinski definition) is 2. The number of alkyl halides is 1. The Morgan fingerprint density at radius 2 is 1.50 bits per heavy atom. The fourth-order valence-electron chi connectivity index (χ4n) is 0.875. The molecule has 10 heavy (non-hydrogen) atoms. The Morgan fingerprint density at radius 1 is 1.20 bits per heavy atom. The van der Waals surface area contributed by atoms with E-state index in [0.29, 0.717) is 0 Å². The van der Waals surface area contributed by atoms with Gasteiger partial charge >= 0.3 is 0 Å². The third kappa shape index (κ3) is 1.95. The van der Waals surface area contributed by atoms with Gasteiger partial charge in [0.05, 0.1) is 0 Å². The van der Waals surface area contributed by atoms with Crippen molar-refractivity contribution in [2.24, 2.45) is 0 Å². The van der Waals surface area contributed by atoms with Gasteiger partial charge in [-0.2, -0.15) is 0 Å². The van der Waals surface area contributed by atoms with Gasteiger partial charge in [-0.25, -0.2) is 0 Å². The van der Waals surface area contributed by atoms with Crippen molar-refractivity contribution < 1.29 is 0 Å². The van der Waals surface area contributed by atoms with Crippen molar-refractivity contribution in [2.75, 3.05) is 14.1 Å². The summed E-state index contributed by atoms with van der Waals surface area (Å²) < 4.78 is 0. The second-order valence-electron chi connectivity index (χ2n) is 3.41. The van der Waals surface area contributed by atoms with Gasteiger partial charge in [0.25, 0.3) is 0 Å². The first-order chi connectivity index (χ1) is 4.37. The van der Waals surface area contributed by atoms with E-state index in [-0.39, 0.29) is 5.04 Å². The second kappa shape index (κ2) is 3.22. The van der Waals surface area contributed by atoms with E-state index in [1.807, 2.05) is 14.1 Å². The molecule has 0 aliphatic carbocycles. The molecule has 0 fully saturated rings. The average Bonchev–Trinajstić information content (AvgIpc) is 1.84. The van der Waals surface area contributed by atoms with Crippen LogP contribution in [0.5, 0.6) is 0 Å². The molecule has 0 amide bonds. The average molecular weight is 181 g/mol. The predicted octanol–water partition coefficient (Wildman–Crippen LogP) is -0.118. The number of hydrogen-bond donors (Lipinski definition) is 2. The van der Waals surface area contributed by atoms with Gasteiger partial charge < -0.3 is 0 Å². The Kier molecular flexibility index (Phi) is 3.35. The highest BCUT2D eigenvalue weighted by Crippen LogP contribution is 2.34. The fraction of sp³-hybridized carbons (Fsp3) is 1.00. The molecule has 0 bridgehead atoms. The maximum Gasteiger partial charge on any atom is 0.147 e. The molecule has 4 heteroatoms. The molecule has 0 unspecified atom stereocenters. The highest BCUT2D eigenvalue weighted by molar-refractivity contribution is 6.30. The van der Waals surface area contributed by atoms with Crippen molar-refractivity contribution >= 4 is 21.8 Å². The molecule has 0 aromatic carbocycles. The van der Waals surface area contributed by atoms with E-state index in [2.05, 4.69) is 24.5 Å². The van der Waals surface area contributed by atoms with Crippen molar-refractivity contribution in [1.29, 1.82) is 0 Å². The first-order valence-corrected chi connectivity index (χ1v) is 4.82. The lowest BCUT2D eigenvalue weighted by Gasteiger charge is -2.38. The van der Waals surface area contributed by atoms with Crippen LogP contribution >= 0.6 is 11.6 Å². The largest absolute Gasteiger partial charge is 0.290 e. The number of nitrogens with one attached hydrogen (secondary N) is 2. The first-order valence-electron chi connectivity index (χ1n) is 3.44. The van der Waals surface area contributed by atoms with Crippen LogP contribution in [0.3, 0.4) is 0 Å². The summed E-state index contributed by atoms with van der Waals surface area (Å²) in [5, 5.41) is 5.81. The second-order valence-corrected chi connectivity index (χ2v) is 6.48. The molecule has 0 aliphatic heterocycles. The quantitative estimate of drug-likeness (QED) is 0.274. The molecule has 0 radical (unpaired) electrons. The highest BCUT2D eigenvalue weighted by atomic mass is 35.5. The van der Waals surface area contributed by atoms with Crippen LogP contribution < -0.4 is 10.6 Å². The summed E-state index contributed by atoms with van der Waals surface area (Å²) in [6.07, 6.45) is 0. The van der Waals surface area contributed by atoms with Crippen LogP contribution in [0.2, 0.25) is 5.04 Å². The summed E-state index contributed by atoms with van der Waals surface area (Å²) in [6.45, 7) is 4.28. The van der Waals surface area contributed by atoms with E-state index in [0.717, 1.165) is 10.2 Å². The van der Waals surface area contributed by atoms with Crippen molar-refractivity contribution in [2.45, 2.75) is 24.0 Å². The SMILES string of the molecule is CNC(Cl)(NC)C(C)(C)[SiH3]. The maximum atomic E-state index is 6.20. The van der Waals surface area contributed by atoms with Crippen LogP contribution in [0.25, 0.3) is 0 Å². The lowest BCUT2D eigenvalue weighted by atomic mass is 10.1. The maximum absolute atomic E-state index is 6.20. The lowest BCUT2D eigenvalue weighted by Crippen LogP contribution is -2.56. The zero-order valence-corrected chi connectivity index (χ0v) is 10.1. The Labute approximate surface area is 71.1 Å². The van der Waals surface area contributed by atoms with Gasteiger partial charge in [-0.05, 0) is 19.1 Å². The van der Waals surface area contributed by atoms with Gasteiger partial charge in [-0.3, -0.25) is 10.6 Å². The highest BCUT2D eigenvalue weighted by Gasteiger charge is 2.36. The van der Waals surface area contributed by atoms with E-state index in [4.69, 9.17) is 11.6 Å². The summed E-state index contributed by atoms with van der Waals surface area (Å²) in [5.74, 6) is 0. The topological polar surface area (TPSA) is 24.1 Å². The lowest BCUT2D eigenvalue weighted by molar-refractivity contribution is 0.340. The normalized spacial score (nSPS) is 14.1. The van der Waals surface area contributed by atoms with E-state index in [9.17, 15) is 0 Å². The fourth-order valence-corrected chi connectivity index (χ4v) is 1.38. The van der Waals surface area contributed by atoms with Gasteiger partial charge in [0.15, 0.2) is 0 Å². The van der Waals surface area contributed by atoms with Crippen LogP contribution in [0.15, 0.2) is 0 Å². The van der Waals surface area contributed by atoms with Crippen molar-refractivity contribution in [3.63, 3.8) is 0 Å². The van der Waals surface area contributed by atoms with Crippen molar-refractivity contribution in [3.8, 4) is 0 Å². The Morgan fingerprint density at radius 3 is 1.50 bits per heavy atom. The van der Waals surface area contributed by atoms with E-state index in [1.54, 1.807) is 0 Å². The zero-order chi connectivity index (χ0) is 8.41. The van der Waals surface area contributed by atoms with E-state index < -0.39 is 5.12 Å². The van der Waals surface area contributed by atoms with Crippen LogP contribution in [0.4, 0.5) is 0 Å². The minimum absolute atomic E-state index is 0.137. The Hall–Kier alpha value is 0.427. The molecule has 0 heterocycles. The van der Waals surface area contributed by atoms with Crippen LogP contribution in [-0.4, -0.2) is 29.5 Å². The molecule has 0 spiro atoms. The Balaban J connectivity index is 4.33. The Bertz CT molecular complexity index is 107. The molecule has 0 aromatic rings. The minimum Gasteiger partial charge on any atom is -0.290 e. The monoisotopic (exact) mass is 180 g/mol. The van der Waals surface area contributed by atoms with Gasteiger partial charge in [0, 0.05) is 10.2 Å². The van der Waals surface area contributed by atoms with Crippen molar-refractivity contribution in [3.05, 3.63) is 0 Å². The summed E-state index contributed by atoms with van der Waals surface area (Å²) >= 11 is 6.20. The number of halogens is 1. The molecule has 0 atom stereocenters. The molecule has 2 nitrogen and oxygen atoms in total. The molecule has 0 saturated heterocycles. The summed E-state index contributed by atoms with van der Waals surface area (Å²) in [4.78, 5) is 0. The predicted molar refractivity (Wildman–Crippen MR) is 50.7 cm³/mol. The molecule has 0 aliphatic rings. The smallest absolute Gasteiger partial charge is 0.147 e. The standard InChI is InChI=1S/C6H17ClN2Si/c1-5(2,10)6(7,8-3)9-4/h8-9H,1-4,10H3. The van der Waals surface area contributed by atoms with E-state index >= 15 is 0 Å². The van der Waals surface area contributed by atoms with Gasteiger partial charge in [0.1, 0.15) is 5.12 Å². The van der Waals surface area contributed by atoms with Gasteiger partial charge in [0.2, 0.25) is 0 Å². The van der Waals surface area contributed by atoms with Crippen LogP contribution in [-0.2, 0) is 0 Å². The summed E-state index contributed by atoms with van der Waals surface area (Å²) in [7, 11) is 4.78. The molecular weight excluding hydrogens is 164 g/mol. The molecule has 0 saturated carbocycles. The first kappa shape index (κ1) is 10.4. The summed E-state index contributed by atoms with van der Waals surface area (Å²) in [5.41, 5.74) is 0.